The molecule has 0 saturated heterocycles. The van der Waals surface area contributed by atoms with Crippen LogP contribution in [0.15, 0.2) is 18.2 Å². The van der Waals surface area contributed by atoms with E-state index in [9.17, 15) is 15.0 Å². The number of nitriles is 1. The van der Waals surface area contributed by atoms with Crippen LogP contribution < -0.4 is 5.73 Å². The molecule has 0 aromatic heterocycles. The number of carbonyl (C=O) groups is 1. The molecule has 1 aromatic rings. The van der Waals surface area contributed by atoms with Crippen LogP contribution in [0.4, 0.5) is 0 Å². The van der Waals surface area contributed by atoms with Crippen LogP contribution in [0.25, 0.3) is 0 Å². The highest BCUT2D eigenvalue weighted by molar-refractivity contribution is 6.30. The van der Waals surface area contributed by atoms with Crippen molar-refractivity contribution in [1.82, 2.24) is 0 Å². The number of aliphatic hydroxyl groups excluding tert-OH is 2. The van der Waals surface area contributed by atoms with Gasteiger partial charge in [0.2, 0.25) is 5.91 Å². The van der Waals surface area contributed by atoms with Gasteiger partial charge in [0.15, 0.2) is 6.10 Å². The van der Waals surface area contributed by atoms with Crippen LogP contribution in [0.5, 0.6) is 0 Å². The van der Waals surface area contributed by atoms with E-state index < -0.39 is 18.1 Å². The Morgan fingerprint density at radius 1 is 1.44 bits per heavy atom. The molecule has 0 heterocycles. The predicted octanol–water partition coefficient (Wildman–Crippen LogP) is 0.0913. The van der Waals surface area contributed by atoms with Gasteiger partial charge in [0.25, 0.3) is 0 Å². The fourth-order valence-electron chi connectivity index (χ4n) is 1.19. The Bertz CT molecular complexity index is 456. The molecule has 1 amide bonds. The molecular formula is C10H9ClN2O3. The average Bonchev–Trinajstić information content (AvgIpc) is 2.25. The van der Waals surface area contributed by atoms with E-state index in [1.807, 2.05) is 6.07 Å². The fourth-order valence-corrected chi connectivity index (χ4v) is 1.43. The van der Waals surface area contributed by atoms with Gasteiger partial charge in [-0.1, -0.05) is 11.6 Å². The van der Waals surface area contributed by atoms with E-state index in [4.69, 9.17) is 22.6 Å². The summed E-state index contributed by atoms with van der Waals surface area (Å²) in [7, 11) is 0. The molecule has 0 saturated carbocycles. The van der Waals surface area contributed by atoms with Crippen LogP contribution in [0.2, 0.25) is 5.02 Å². The van der Waals surface area contributed by atoms with E-state index in [0.717, 1.165) is 0 Å². The van der Waals surface area contributed by atoms with Gasteiger partial charge in [-0.3, -0.25) is 4.79 Å². The van der Waals surface area contributed by atoms with Crippen molar-refractivity contribution in [2.45, 2.75) is 12.2 Å². The number of primary amides is 1. The minimum atomic E-state index is -1.73. The number of carbonyl (C=O) groups excluding carboxylic acids is 1. The van der Waals surface area contributed by atoms with Crippen LogP contribution in [0, 0.1) is 11.3 Å². The second-order valence-electron chi connectivity index (χ2n) is 3.18. The number of aliphatic hydroxyl groups is 2. The summed E-state index contributed by atoms with van der Waals surface area (Å²) in [5.41, 5.74) is 5.22. The highest BCUT2D eigenvalue weighted by Crippen LogP contribution is 2.22. The van der Waals surface area contributed by atoms with Crippen LogP contribution in [0.1, 0.15) is 17.2 Å². The van der Waals surface area contributed by atoms with Gasteiger partial charge in [-0.15, -0.1) is 0 Å². The Balaban J connectivity index is 3.09. The van der Waals surface area contributed by atoms with Gasteiger partial charge in [-0.25, -0.2) is 0 Å². The first-order valence-corrected chi connectivity index (χ1v) is 4.69. The molecule has 84 valence electrons. The van der Waals surface area contributed by atoms with E-state index in [-0.39, 0.29) is 16.1 Å². The maximum atomic E-state index is 10.7. The number of halogens is 1. The van der Waals surface area contributed by atoms with Crippen molar-refractivity contribution in [3.05, 3.63) is 34.3 Å². The van der Waals surface area contributed by atoms with Gasteiger partial charge in [-0.05, 0) is 23.8 Å². The molecule has 2 atom stereocenters. The molecule has 0 aliphatic carbocycles. The quantitative estimate of drug-likeness (QED) is 0.696. The van der Waals surface area contributed by atoms with Crippen molar-refractivity contribution in [1.29, 1.82) is 5.26 Å². The summed E-state index contributed by atoms with van der Waals surface area (Å²) in [4.78, 5) is 10.7. The lowest BCUT2D eigenvalue weighted by atomic mass is 10.0. The topological polar surface area (TPSA) is 107 Å². The molecule has 0 aliphatic rings. The summed E-state index contributed by atoms with van der Waals surface area (Å²) < 4.78 is 0. The summed E-state index contributed by atoms with van der Waals surface area (Å²) in [5.74, 6) is -1.05. The van der Waals surface area contributed by atoms with Gasteiger partial charge >= 0.3 is 0 Å². The minimum Gasteiger partial charge on any atom is -0.385 e. The predicted molar refractivity (Wildman–Crippen MR) is 56.3 cm³/mol. The maximum Gasteiger partial charge on any atom is 0.249 e. The van der Waals surface area contributed by atoms with Crippen LogP contribution in [0.3, 0.4) is 0 Å². The van der Waals surface area contributed by atoms with Crippen molar-refractivity contribution >= 4 is 17.5 Å². The Morgan fingerprint density at radius 2 is 2.06 bits per heavy atom. The zero-order valence-electron chi connectivity index (χ0n) is 8.09. The molecule has 0 radical (unpaired) electrons. The molecule has 6 heteroatoms. The number of nitrogens with two attached hydrogens (primary N) is 1. The smallest absolute Gasteiger partial charge is 0.249 e. The second kappa shape index (κ2) is 4.94. The Labute approximate surface area is 96.7 Å². The van der Waals surface area contributed by atoms with E-state index >= 15 is 0 Å². The van der Waals surface area contributed by atoms with Crippen molar-refractivity contribution in [3.8, 4) is 6.07 Å². The third-order valence-electron chi connectivity index (χ3n) is 1.98. The van der Waals surface area contributed by atoms with E-state index in [2.05, 4.69) is 0 Å². The lowest BCUT2D eigenvalue weighted by molar-refractivity contribution is -0.131. The normalized spacial score (nSPS) is 13.9. The number of rotatable bonds is 3. The van der Waals surface area contributed by atoms with Gasteiger partial charge in [0.05, 0.1) is 11.6 Å². The standard InChI is InChI=1S/C10H9ClN2O3/c11-7-2-5(4-12)1-6(3-7)8(14)9(15)10(13)16/h1-3,8-9,14-15H,(H2,13,16). The summed E-state index contributed by atoms with van der Waals surface area (Å²) in [6, 6.07) is 5.90. The van der Waals surface area contributed by atoms with Gasteiger partial charge in [-0.2, -0.15) is 5.26 Å². The largest absolute Gasteiger partial charge is 0.385 e. The van der Waals surface area contributed by atoms with E-state index in [1.54, 1.807) is 0 Å². The van der Waals surface area contributed by atoms with Crippen LogP contribution in [-0.4, -0.2) is 22.2 Å². The fraction of sp³-hybridized carbons (Fsp3) is 0.200. The first kappa shape index (κ1) is 12.5. The number of hydrogen-bond acceptors (Lipinski definition) is 4. The van der Waals surface area contributed by atoms with Crippen molar-refractivity contribution in [2.24, 2.45) is 5.73 Å². The minimum absolute atomic E-state index is 0.162. The highest BCUT2D eigenvalue weighted by atomic mass is 35.5. The number of benzene rings is 1. The van der Waals surface area contributed by atoms with Crippen molar-refractivity contribution in [2.75, 3.05) is 0 Å². The summed E-state index contributed by atoms with van der Waals surface area (Å²) in [6.07, 6.45) is -3.23. The molecule has 0 bridgehead atoms. The summed E-state index contributed by atoms with van der Waals surface area (Å²) in [5, 5.41) is 27.7. The van der Waals surface area contributed by atoms with Crippen LogP contribution in [-0.2, 0) is 4.79 Å². The molecule has 16 heavy (non-hydrogen) atoms. The molecule has 4 N–H and O–H groups in total. The molecular weight excluding hydrogens is 232 g/mol. The molecule has 0 aliphatic heterocycles. The molecule has 0 spiro atoms. The monoisotopic (exact) mass is 240 g/mol. The first-order chi connectivity index (χ1) is 7.45. The first-order valence-electron chi connectivity index (χ1n) is 4.31. The molecule has 0 fully saturated rings. The Hall–Kier alpha value is -1.61. The molecule has 5 nitrogen and oxygen atoms in total. The lowest BCUT2D eigenvalue weighted by Gasteiger charge is -2.15. The number of nitrogens with zero attached hydrogens (tertiary/aromatic N) is 1. The third-order valence-corrected chi connectivity index (χ3v) is 2.20. The molecule has 1 aromatic carbocycles. The zero-order valence-corrected chi connectivity index (χ0v) is 8.85. The maximum absolute atomic E-state index is 10.7. The average molecular weight is 241 g/mol. The number of amides is 1. The second-order valence-corrected chi connectivity index (χ2v) is 3.61. The number of hydrogen-bond donors (Lipinski definition) is 3. The van der Waals surface area contributed by atoms with Crippen molar-refractivity contribution in [3.63, 3.8) is 0 Å². The molecule has 1 rings (SSSR count). The van der Waals surface area contributed by atoms with E-state index in [0.29, 0.717) is 0 Å². The Kier molecular flexibility index (Phi) is 3.85. The van der Waals surface area contributed by atoms with Gasteiger partial charge in [0, 0.05) is 5.02 Å². The highest BCUT2D eigenvalue weighted by Gasteiger charge is 2.23. The van der Waals surface area contributed by atoms with Crippen molar-refractivity contribution < 1.29 is 15.0 Å². The summed E-state index contributed by atoms with van der Waals surface area (Å²) >= 11 is 5.70. The third kappa shape index (κ3) is 2.70. The van der Waals surface area contributed by atoms with Crippen LogP contribution >= 0.6 is 11.6 Å². The van der Waals surface area contributed by atoms with Gasteiger partial charge < -0.3 is 15.9 Å². The lowest BCUT2D eigenvalue weighted by Crippen LogP contribution is -2.33. The van der Waals surface area contributed by atoms with Gasteiger partial charge in [0.1, 0.15) is 6.10 Å². The Morgan fingerprint density at radius 3 is 2.56 bits per heavy atom. The molecule has 2 unspecified atom stereocenters. The zero-order chi connectivity index (χ0) is 12.3. The van der Waals surface area contributed by atoms with E-state index in [1.165, 1.54) is 18.2 Å². The summed E-state index contributed by atoms with van der Waals surface area (Å²) in [6.45, 7) is 0. The SMILES string of the molecule is N#Cc1cc(Cl)cc(C(O)C(O)C(N)=O)c1.